The van der Waals surface area contributed by atoms with E-state index >= 15 is 0 Å². The predicted octanol–water partition coefficient (Wildman–Crippen LogP) is -0.431. The summed E-state index contributed by atoms with van der Waals surface area (Å²) in [4.78, 5) is 0. The molecule has 0 spiro atoms. The fourth-order valence-electron chi connectivity index (χ4n) is 0.668. The van der Waals surface area contributed by atoms with Crippen molar-refractivity contribution in [1.82, 2.24) is 0 Å². The van der Waals surface area contributed by atoms with Crippen LogP contribution >= 0.6 is 0 Å². The highest BCUT2D eigenvalue weighted by Crippen LogP contribution is 2.33. The Balaban J connectivity index is 2.61. The monoisotopic (exact) mass is 151 g/mol. The number of hydrogen-bond acceptors (Lipinski definition) is 3. The molecule has 0 amide bonds. The second-order valence-corrected chi connectivity index (χ2v) is 3.89. The first kappa shape index (κ1) is 6.98. The van der Waals surface area contributed by atoms with Gasteiger partial charge in [-0.05, 0) is 18.8 Å². The maximum absolute atomic E-state index is 10.2. The molecule has 0 aromatic carbocycles. The molecule has 4 nitrogen and oxygen atoms in total. The highest BCUT2D eigenvalue weighted by Gasteiger charge is 2.36. The topological polar surface area (TPSA) is 80.4 Å². The lowest BCUT2D eigenvalue weighted by atomic mass is 10.4. The minimum atomic E-state index is -3.96. The minimum Gasteiger partial charge on any atom is -0.313 e. The van der Waals surface area contributed by atoms with Crippen molar-refractivity contribution in [2.45, 2.75) is 18.2 Å². The van der Waals surface area contributed by atoms with Gasteiger partial charge < -0.3 is 5.73 Å². The van der Waals surface area contributed by atoms with Crippen molar-refractivity contribution >= 4 is 10.1 Å². The van der Waals surface area contributed by atoms with Crippen molar-refractivity contribution in [2.24, 2.45) is 11.7 Å². The molecule has 0 aromatic heterocycles. The van der Waals surface area contributed by atoms with Gasteiger partial charge in [0.25, 0.3) is 10.1 Å². The van der Waals surface area contributed by atoms with Gasteiger partial charge >= 0.3 is 0 Å². The van der Waals surface area contributed by atoms with E-state index in [-0.39, 0.29) is 5.92 Å². The Kier molecular flexibility index (Phi) is 1.50. The van der Waals surface area contributed by atoms with Crippen LogP contribution in [0.2, 0.25) is 0 Å². The van der Waals surface area contributed by atoms with Crippen LogP contribution in [-0.4, -0.2) is 18.3 Å². The van der Waals surface area contributed by atoms with Gasteiger partial charge in [0.05, 0.1) is 0 Å². The Morgan fingerprint density at radius 3 is 2.11 bits per heavy atom. The van der Waals surface area contributed by atoms with E-state index in [1.165, 1.54) is 0 Å². The molecule has 0 aromatic rings. The minimum absolute atomic E-state index is 0.000000000000000222. The highest BCUT2D eigenvalue weighted by molar-refractivity contribution is 7.86. The normalized spacial score (nSPS) is 23.8. The van der Waals surface area contributed by atoms with E-state index in [9.17, 15) is 8.42 Å². The lowest BCUT2D eigenvalue weighted by Crippen LogP contribution is -2.31. The van der Waals surface area contributed by atoms with Crippen LogP contribution < -0.4 is 5.73 Å². The zero-order valence-corrected chi connectivity index (χ0v) is 5.63. The summed E-state index contributed by atoms with van der Waals surface area (Å²) >= 11 is 0. The van der Waals surface area contributed by atoms with E-state index < -0.39 is 15.5 Å². The van der Waals surface area contributed by atoms with Crippen LogP contribution in [0.5, 0.6) is 0 Å². The Morgan fingerprint density at radius 2 is 2.00 bits per heavy atom. The lowest BCUT2D eigenvalue weighted by molar-refractivity contribution is 0.460. The van der Waals surface area contributed by atoms with Crippen LogP contribution in [0.25, 0.3) is 0 Å². The van der Waals surface area contributed by atoms with E-state index in [2.05, 4.69) is 0 Å². The molecule has 1 aliphatic rings. The third-order valence-electron chi connectivity index (χ3n) is 1.43. The zero-order valence-electron chi connectivity index (χ0n) is 4.82. The fraction of sp³-hybridized carbons (Fsp3) is 1.00. The molecule has 0 bridgehead atoms. The Morgan fingerprint density at radius 1 is 1.56 bits per heavy atom. The number of rotatable bonds is 2. The maximum atomic E-state index is 10.2. The molecule has 9 heavy (non-hydrogen) atoms. The van der Waals surface area contributed by atoms with Crippen LogP contribution in [0, 0.1) is 5.92 Å². The summed E-state index contributed by atoms with van der Waals surface area (Å²) in [5, 5.41) is -1.04. The molecule has 1 aliphatic carbocycles. The standard InChI is InChI=1S/C4H9NO3S/c5-4(3-1-2-3)9(6,7)8/h3-4H,1-2,5H2,(H,6,7,8). The van der Waals surface area contributed by atoms with Crippen molar-refractivity contribution in [2.75, 3.05) is 0 Å². The zero-order chi connectivity index (χ0) is 7.07. The number of nitrogens with two attached hydrogens (primary N) is 1. The third kappa shape index (κ3) is 1.64. The van der Waals surface area contributed by atoms with Crippen molar-refractivity contribution in [3.05, 3.63) is 0 Å². The van der Waals surface area contributed by atoms with E-state index in [4.69, 9.17) is 10.3 Å². The largest absolute Gasteiger partial charge is 0.313 e. The fourth-order valence-corrected chi connectivity index (χ4v) is 1.43. The van der Waals surface area contributed by atoms with Crippen molar-refractivity contribution < 1.29 is 13.0 Å². The van der Waals surface area contributed by atoms with E-state index in [1.807, 2.05) is 0 Å². The first-order chi connectivity index (χ1) is 4.02. The van der Waals surface area contributed by atoms with E-state index in [0.29, 0.717) is 0 Å². The molecule has 1 unspecified atom stereocenters. The molecule has 54 valence electrons. The summed E-state index contributed by atoms with van der Waals surface area (Å²) in [6.45, 7) is 0. The van der Waals surface area contributed by atoms with Crippen LogP contribution in [-0.2, 0) is 10.1 Å². The van der Waals surface area contributed by atoms with Gasteiger partial charge in [-0.1, -0.05) is 0 Å². The van der Waals surface area contributed by atoms with Crippen LogP contribution in [0.3, 0.4) is 0 Å². The second kappa shape index (κ2) is 1.93. The Hall–Kier alpha value is -0.130. The first-order valence-electron chi connectivity index (χ1n) is 2.73. The lowest BCUT2D eigenvalue weighted by Gasteiger charge is -2.03. The molecule has 3 N–H and O–H groups in total. The van der Waals surface area contributed by atoms with Gasteiger partial charge in [-0.15, -0.1) is 0 Å². The van der Waals surface area contributed by atoms with Gasteiger partial charge in [-0.2, -0.15) is 8.42 Å². The van der Waals surface area contributed by atoms with E-state index in [1.54, 1.807) is 0 Å². The van der Waals surface area contributed by atoms with Crippen LogP contribution in [0.1, 0.15) is 12.8 Å². The molecular formula is C4H9NO3S. The van der Waals surface area contributed by atoms with Crippen molar-refractivity contribution in [1.29, 1.82) is 0 Å². The highest BCUT2D eigenvalue weighted by atomic mass is 32.2. The summed E-state index contributed by atoms with van der Waals surface area (Å²) < 4.78 is 28.8. The summed E-state index contributed by atoms with van der Waals surface area (Å²) in [7, 11) is -3.96. The summed E-state index contributed by atoms with van der Waals surface area (Å²) in [5.41, 5.74) is 5.12. The smallest absolute Gasteiger partial charge is 0.281 e. The van der Waals surface area contributed by atoms with E-state index in [0.717, 1.165) is 12.8 Å². The summed E-state index contributed by atoms with van der Waals surface area (Å²) in [6.07, 6.45) is 1.64. The van der Waals surface area contributed by atoms with Gasteiger partial charge in [-0.25, -0.2) is 0 Å². The number of hydrogen-bond donors (Lipinski definition) is 2. The Bertz CT molecular complexity index is 194. The van der Waals surface area contributed by atoms with Gasteiger partial charge in [0.2, 0.25) is 0 Å². The molecule has 1 saturated carbocycles. The predicted molar refractivity (Wildman–Crippen MR) is 32.2 cm³/mol. The molecule has 1 atom stereocenters. The Labute approximate surface area is 53.8 Å². The van der Waals surface area contributed by atoms with Gasteiger partial charge in [-0.3, -0.25) is 4.55 Å². The van der Waals surface area contributed by atoms with Crippen molar-refractivity contribution in [3.8, 4) is 0 Å². The SMILES string of the molecule is NC(C1CC1)S(=O)(=O)O. The molecule has 0 saturated heterocycles. The molecule has 0 aliphatic heterocycles. The average molecular weight is 151 g/mol. The average Bonchev–Trinajstić information content (AvgIpc) is 2.40. The third-order valence-corrected chi connectivity index (χ3v) is 2.50. The molecular weight excluding hydrogens is 142 g/mol. The molecule has 5 heteroatoms. The summed E-state index contributed by atoms with van der Waals surface area (Å²) in [5.74, 6) is -0.000000000000000222. The summed E-state index contributed by atoms with van der Waals surface area (Å²) in [6, 6.07) is 0. The quantitative estimate of drug-likeness (QED) is 0.525. The van der Waals surface area contributed by atoms with Crippen molar-refractivity contribution in [3.63, 3.8) is 0 Å². The van der Waals surface area contributed by atoms with Gasteiger partial charge in [0.1, 0.15) is 5.37 Å². The second-order valence-electron chi connectivity index (χ2n) is 2.32. The van der Waals surface area contributed by atoms with Crippen LogP contribution in [0.4, 0.5) is 0 Å². The maximum Gasteiger partial charge on any atom is 0.281 e. The molecule has 1 rings (SSSR count). The van der Waals surface area contributed by atoms with Gasteiger partial charge in [0, 0.05) is 0 Å². The molecule has 0 radical (unpaired) electrons. The first-order valence-corrected chi connectivity index (χ1v) is 4.24. The molecule has 0 heterocycles. The molecule has 1 fully saturated rings. The van der Waals surface area contributed by atoms with Crippen LogP contribution in [0.15, 0.2) is 0 Å². The van der Waals surface area contributed by atoms with Gasteiger partial charge in [0.15, 0.2) is 0 Å².